The summed E-state index contributed by atoms with van der Waals surface area (Å²) in [5.41, 5.74) is 2.46. The topological polar surface area (TPSA) is 70.0 Å². The van der Waals surface area contributed by atoms with Gasteiger partial charge in [0.2, 0.25) is 0 Å². The fraction of sp³-hybridized carbons (Fsp3) is 0.500. The fourth-order valence-electron chi connectivity index (χ4n) is 3.83. The molecule has 0 aromatic carbocycles. The number of aryl methyl sites for hydroxylation is 1. The van der Waals surface area contributed by atoms with E-state index in [4.69, 9.17) is 0 Å². The Morgan fingerprint density at radius 3 is 2.96 bits per heavy atom. The number of fused-ring (bicyclic) bond motifs is 1. The van der Waals surface area contributed by atoms with Gasteiger partial charge < -0.3 is 10.2 Å². The average Bonchev–Trinajstić information content (AvgIpc) is 3.02. The first-order valence-corrected chi connectivity index (χ1v) is 8.86. The van der Waals surface area contributed by atoms with Gasteiger partial charge in [-0.25, -0.2) is 9.78 Å². The van der Waals surface area contributed by atoms with Crippen LogP contribution in [0.4, 0.5) is 4.79 Å². The Labute approximate surface area is 146 Å². The lowest BCUT2D eigenvalue weighted by atomic mass is 10.0. The third-order valence-corrected chi connectivity index (χ3v) is 5.06. The number of likely N-dealkylation sites (tertiary alicyclic amines) is 1. The smallest absolute Gasteiger partial charge is 0.317 e. The lowest BCUT2D eigenvalue weighted by Crippen LogP contribution is -2.48. The number of rotatable bonds is 3. The number of pyridine rings is 1. The maximum Gasteiger partial charge on any atom is 0.317 e. The average molecular weight is 341 g/mol. The molecule has 1 atom stereocenters. The van der Waals surface area contributed by atoms with Gasteiger partial charge >= 0.3 is 6.03 Å². The quantitative estimate of drug-likeness (QED) is 0.904. The van der Waals surface area contributed by atoms with E-state index in [0.29, 0.717) is 12.2 Å². The Morgan fingerprint density at radius 2 is 2.16 bits per heavy atom. The molecule has 1 N–H and O–H groups in total. The minimum atomic E-state index is -0.0452. The number of carbonyl (C=O) groups excluding carboxylic acids is 1. The predicted molar refractivity (Wildman–Crippen MR) is 94.6 cm³/mol. The van der Waals surface area contributed by atoms with Gasteiger partial charge in [-0.3, -0.25) is 14.1 Å². The van der Waals surface area contributed by atoms with Gasteiger partial charge in [0.25, 0.3) is 5.56 Å². The van der Waals surface area contributed by atoms with E-state index in [1.165, 1.54) is 0 Å². The van der Waals surface area contributed by atoms with Crippen LogP contribution < -0.4 is 10.9 Å². The second-order valence-corrected chi connectivity index (χ2v) is 6.98. The van der Waals surface area contributed by atoms with Crippen LogP contribution in [0, 0.1) is 6.92 Å². The van der Waals surface area contributed by atoms with Gasteiger partial charge in [-0.05, 0) is 37.9 Å². The number of urea groups is 1. The molecule has 0 aliphatic carbocycles. The molecule has 2 aliphatic rings. The van der Waals surface area contributed by atoms with Gasteiger partial charge in [0.15, 0.2) is 0 Å². The molecule has 132 valence electrons. The summed E-state index contributed by atoms with van der Waals surface area (Å²) >= 11 is 0. The van der Waals surface area contributed by atoms with Crippen molar-refractivity contribution in [1.29, 1.82) is 0 Å². The standard InChI is InChI=1S/C18H23N5O2/c1-13-4-5-16-20-14(9-17(24)23(16)10-13)11-21-7-2-3-15(12-21)22-8-6-19-18(22)25/h4-5,9-10,15H,2-3,6-8,11-12H2,1H3,(H,19,25)/t15-/m1/s1. The molecule has 2 aromatic rings. The van der Waals surface area contributed by atoms with Crippen LogP contribution >= 0.6 is 0 Å². The largest absolute Gasteiger partial charge is 0.336 e. The first kappa shape index (κ1) is 16.1. The van der Waals surface area contributed by atoms with Crippen molar-refractivity contribution >= 4 is 11.7 Å². The van der Waals surface area contributed by atoms with Crippen LogP contribution in [0.2, 0.25) is 0 Å². The highest BCUT2D eigenvalue weighted by Crippen LogP contribution is 2.19. The van der Waals surface area contributed by atoms with Crippen LogP contribution in [0.25, 0.3) is 5.65 Å². The molecule has 0 bridgehead atoms. The number of nitrogens with one attached hydrogen (secondary N) is 1. The molecule has 7 nitrogen and oxygen atoms in total. The van der Waals surface area contributed by atoms with Crippen molar-refractivity contribution < 1.29 is 4.79 Å². The third-order valence-electron chi connectivity index (χ3n) is 5.06. The molecule has 0 spiro atoms. The van der Waals surface area contributed by atoms with Crippen molar-refractivity contribution in [2.75, 3.05) is 26.2 Å². The number of nitrogens with zero attached hydrogens (tertiary/aromatic N) is 4. The van der Waals surface area contributed by atoms with Crippen molar-refractivity contribution in [3.63, 3.8) is 0 Å². The summed E-state index contributed by atoms with van der Waals surface area (Å²) in [7, 11) is 0. The van der Waals surface area contributed by atoms with Gasteiger partial charge in [-0.1, -0.05) is 6.07 Å². The normalized spacial score (nSPS) is 21.7. The summed E-state index contributed by atoms with van der Waals surface area (Å²) < 4.78 is 1.59. The molecule has 2 aliphatic heterocycles. The fourth-order valence-corrected chi connectivity index (χ4v) is 3.83. The van der Waals surface area contributed by atoms with Gasteiger partial charge in [0.05, 0.1) is 5.69 Å². The van der Waals surface area contributed by atoms with Crippen LogP contribution in [-0.4, -0.2) is 57.4 Å². The number of hydrogen-bond donors (Lipinski definition) is 1. The Kier molecular flexibility index (Phi) is 4.17. The van der Waals surface area contributed by atoms with Crippen molar-refractivity contribution in [2.45, 2.75) is 32.4 Å². The Bertz CT molecular complexity index is 862. The number of amides is 2. The molecule has 2 aromatic heterocycles. The number of carbonyl (C=O) groups is 1. The van der Waals surface area contributed by atoms with Crippen LogP contribution in [0.5, 0.6) is 0 Å². The van der Waals surface area contributed by atoms with E-state index in [2.05, 4.69) is 15.2 Å². The zero-order chi connectivity index (χ0) is 17.4. The van der Waals surface area contributed by atoms with E-state index in [9.17, 15) is 9.59 Å². The molecular weight excluding hydrogens is 318 g/mol. The predicted octanol–water partition coefficient (Wildman–Crippen LogP) is 0.993. The second kappa shape index (κ2) is 6.48. The molecule has 2 saturated heterocycles. The molecule has 0 radical (unpaired) electrons. The lowest BCUT2D eigenvalue weighted by Gasteiger charge is -2.36. The molecule has 7 heteroatoms. The minimum absolute atomic E-state index is 0.0452. The minimum Gasteiger partial charge on any atom is -0.336 e. The van der Waals surface area contributed by atoms with E-state index in [0.717, 1.165) is 50.3 Å². The highest BCUT2D eigenvalue weighted by molar-refractivity contribution is 5.76. The first-order chi connectivity index (χ1) is 12.1. The summed E-state index contributed by atoms with van der Waals surface area (Å²) in [6.45, 7) is 5.93. The highest BCUT2D eigenvalue weighted by Gasteiger charge is 2.31. The lowest BCUT2D eigenvalue weighted by molar-refractivity contribution is 0.121. The summed E-state index contributed by atoms with van der Waals surface area (Å²) in [5.74, 6) is 0. The third kappa shape index (κ3) is 3.24. The number of hydrogen-bond acceptors (Lipinski definition) is 4. The zero-order valence-electron chi connectivity index (χ0n) is 14.4. The molecule has 2 amide bonds. The second-order valence-electron chi connectivity index (χ2n) is 6.98. The Hall–Kier alpha value is -2.41. The molecule has 25 heavy (non-hydrogen) atoms. The van der Waals surface area contributed by atoms with Crippen molar-refractivity contribution in [1.82, 2.24) is 24.5 Å². The van der Waals surface area contributed by atoms with Gasteiger partial charge in [0, 0.05) is 44.5 Å². The van der Waals surface area contributed by atoms with E-state index in [1.807, 2.05) is 30.2 Å². The molecule has 0 saturated carbocycles. The zero-order valence-corrected chi connectivity index (χ0v) is 14.4. The monoisotopic (exact) mass is 341 g/mol. The van der Waals surface area contributed by atoms with Crippen molar-refractivity contribution in [3.05, 3.63) is 46.0 Å². The molecule has 4 heterocycles. The molecule has 4 rings (SSSR count). The van der Waals surface area contributed by atoms with Crippen LogP contribution in [0.15, 0.2) is 29.2 Å². The number of aromatic nitrogens is 2. The maximum atomic E-state index is 12.4. The highest BCUT2D eigenvalue weighted by atomic mass is 16.2. The van der Waals surface area contributed by atoms with Crippen molar-refractivity contribution in [2.24, 2.45) is 0 Å². The van der Waals surface area contributed by atoms with E-state index in [-0.39, 0.29) is 17.6 Å². The molecular formula is C18H23N5O2. The summed E-state index contributed by atoms with van der Waals surface area (Å²) in [6.07, 6.45) is 3.91. The van der Waals surface area contributed by atoms with Gasteiger partial charge in [-0.2, -0.15) is 0 Å². The van der Waals surface area contributed by atoms with Crippen LogP contribution in [-0.2, 0) is 6.54 Å². The molecule has 0 unspecified atom stereocenters. The Morgan fingerprint density at radius 1 is 1.28 bits per heavy atom. The summed E-state index contributed by atoms with van der Waals surface area (Å²) in [6, 6.07) is 5.77. The van der Waals surface area contributed by atoms with E-state index >= 15 is 0 Å². The van der Waals surface area contributed by atoms with Crippen molar-refractivity contribution in [3.8, 4) is 0 Å². The van der Waals surface area contributed by atoms with E-state index in [1.54, 1.807) is 10.5 Å². The summed E-state index contributed by atoms with van der Waals surface area (Å²) in [4.78, 5) is 33.1. The Balaban J connectivity index is 1.51. The summed E-state index contributed by atoms with van der Waals surface area (Å²) in [5, 5.41) is 2.88. The first-order valence-electron chi connectivity index (χ1n) is 8.86. The van der Waals surface area contributed by atoms with Crippen LogP contribution in [0.3, 0.4) is 0 Å². The maximum absolute atomic E-state index is 12.4. The number of piperidine rings is 1. The molecule has 2 fully saturated rings. The SMILES string of the molecule is Cc1ccc2nc(CN3CCC[C@@H](N4CCNC4=O)C3)cc(=O)n2c1. The van der Waals surface area contributed by atoms with Gasteiger partial charge in [0.1, 0.15) is 5.65 Å². The van der Waals surface area contributed by atoms with E-state index < -0.39 is 0 Å². The van der Waals surface area contributed by atoms with Gasteiger partial charge in [-0.15, -0.1) is 0 Å². The van der Waals surface area contributed by atoms with Crippen LogP contribution in [0.1, 0.15) is 24.1 Å².